The smallest absolute Gasteiger partial charge is 0.238 e. The average molecular weight is 245 g/mol. The van der Waals surface area contributed by atoms with Crippen LogP contribution in [0.1, 0.15) is 24.8 Å². The molecule has 2 heterocycles. The van der Waals surface area contributed by atoms with Crippen LogP contribution in [0.2, 0.25) is 0 Å². The van der Waals surface area contributed by atoms with Gasteiger partial charge in [0.15, 0.2) is 0 Å². The molecule has 0 aromatic heterocycles. The molecule has 2 aliphatic heterocycles. The summed E-state index contributed by atoms with van der Waals surface area (Å²) in [5.74, 6) is 0.223. The molecule has 0 radical (unpaired) electrons. The van der Waals surface area contributed by atoms with Crippen LogP contribution in [0.4, 0.5) is 0 Å². The number of hydrazine groups is 1. The minimum Gasteiger partial charge on any atom is -0.317 e. The highest BCUT2D eigenvalue weighted by atomic mass is 16.2. The van der Waals surface area contributed by atoms with E-state index >= 15 is 0 Å². The Kier molecular flexibility index (Phi) is 3.06. The average Bonchev–Trinajstić information content (AvgIpc) is 2.68. The third kappa shape index (κ3) is 2.26. The number of carbonyl (C=O) groups excluding carboxylic acids is 1. The van der Waals surface area contributed by atoms with Crippen molar-refractivity contribution in [1.29, 1.82) is 0 Å². The lowest BCUT2D eigenvalue weighted by Crippen LogP contribution is -2.51. The number of nitrogens with zero attached hydrogens (tertiary/aromatic N) is 1. The molecule has 4 nitrogen and oxygen atoms in total. The molecule has 0 saturated carbocycles. The fourth-order valence-corrected chi connectivity index (χ4v) is 2.86. The SMILES string of the molecule is O=C1CC2(CCNCC2)NN1Cc1ccccc1. The quantitative estimate of drug-likeness (QED) is 0.818. The van der Waals surface area contributed by atoms with Crippen LogP contribution < -0.4 is 10.7 Å². The standard InChI is InChI=1S/C14H19N3O/c18-13-10-14(6-8-15-9-7-14)16-17(13)11-12-4-2-1-3-5-12/h1-5,15-16H,6-11H2. The van der Waals surface area contributed by atoms with Crippen LogP contribution in [-0.4, -0.2) is 29.5 Å². The van der Waals surface area contributed by atoms with E-state index in [0.29, 0.717) is 13.0 Å². The molecule has 0 bridgehead atoms. The van der Waals surface area contributed by atoms with Crippen LogP contribution in [0.3, 0.4) is 0 Å². The second kappa shape index (κ2) is 4.71. The lowest BCUT2D eigenvalue weighted by atomic mass is 9.87. The van der Waals surface area contributed by atoms with E-state index in [1.54, 1.807) is 5.01 Å². The number of nitrogens with one attached hydrogen (secondary N) is 2. The van der Waals surface area contributed by atoms with E-state index < -0.39 is 0 Å². The minimum absolute atomic E-state index is 0.0110. The zero-order valence-electron chi connectivity index (χ0n) is 10.5. The molecule has 2 N–H and O–H groups in total. The fourth-order valence-electron chi connectivity index (χ4n) is 2.86. The van der Waals surface area contributed by atoms with Gasteiger partial charge in [0, 0.05) is 12.0 Å². The van der Waals surface area contributed by atoms with Crippen LogP contribution in [0.15, 0.2) is 30.3 Å². The maximum absolute atomic E-state index is 12.1. The van der Waals surface area contributed by atoms with Gasteiger partial charge in [0.1, 0.15) is 0 Å². The topological polar surface area (TPSA) is 44.4 Å². The molecular weight excluding hydrogens is 226 g/mol. The van der Waals surface area contributed by atoms with Gasteiger partial charge in [-0.2, -0.15) is 0 Å². The van der Waals surface area contributed by atoms with Crippen molar-refractivity contribution in [3.8, 4) is 0 Å². The van der Waals surface area contributed by atoms with E-state index in [2.05, 4.69) is 22.9 Å². The summed E-state index contributed by atoms with van der Waals surface area (Å²) in [4.78, 5) is 12.1. The molecule has 1 aromatic rings. The van der Waals surface area contributed by atoms with Gasteiger partial charge in [0.2, 0.25) is 5.91 Å². The Bertz CT molecular complexity index is 426. The van der Waals surface area contributed by atoms with Gasteiger partial charge in [0.25, 0.3) is 0 Å². The highest BCUT2D eigenvalue weighted by Gasteiger charge is 2.43. The number of rotatable bonds is 2. The summed E-state index contributed by atoms with van der Waals surface area (Å²) in [5.41, 5.74) is 4.63. The minimum atomic E-state index is 0.0110. The molecule has 1 spiro atoms. The van der Waals surface area contributed by atoms with Crippen molar-refractivity contribution in [1.82, 2.24) is 15.8 Å². The first kappa shape index (κ1) is 11.7. The second-order valence-electron chi connectivity index (χ2n) is 5.28. The van der Waals surface area contributed by atoms with E-state index in [1.807, 2.05) is 18.2 Å². The number of piperidine rings is 1. The number of carbonyl (C=O) groups is 1. The van der Waals surface area contributed by atoms with Gasteiger partial charge in [-0.3, -0.25) is 9.80 Å². The Morgan fingerprint density at radius 1 is 1.17 bits per heavy atom. The van der Waals surface area contributed by atoms with E-state index in [1.165, 1.54) is 5.56 Å². The van der Waals surface area contributed by atoms with Gasteiger partial charge in [-0.1, -0.05) is 30.3 Å². The predicted octanol–water partition coefficient (Wildman–Crippen LogP) is 1.05. The van der Waals surface area contributed by atoms with Gasteiger partial charge in [-0.05, 0) is 31.5 Å². The largest absolute Gasteiger partial charge is 0.317 e. The van der Waals surface area contributed by atoms with Crippen molar-refractivity contribution >= 4 is 5.91 Å². The molecule has 2 saturated heterocycles. The van der Waals surface area contributed by atoms with Crippen molar-refractivity contribution < 1.29 is 4.79 Å². The summed E-state index contributed by atoms with van der Waals surface area (Å²) in [6.45, 7) is 2.66. The molecule has 18 heavy (non-hydrogen) atoms. The first-order valence-corrected chi connectivity index (χ1v) is 6.60. The van der Waals surface area contributed by atoms with Crippen molar-refractivity contribution in [2.45, 2.75) is 31.3 Å². The molecule has 0 atom stereocenters. The van der Waals surface area contributed by atoms with Crippen molar-refractivity contribution in [2.24, 2.45) is 0 Å². The number of benzene rings is 1. The van der Waals surface area contributed by atoms with Crippen LogP contribution >= 0.6 is 0 Å². The number of hydrogen-bond acceptors (Lipinski definition) is 3. The maximum Gasteiger partial charge on any atom is 0.238 e. The van der Waals surface area contributed by atoms with E-state index in [0.717, 1.165) is 25.9 Å². The van der Waals surface area contributed by atoms with Crippen LogP contribution in [0.25, 0.3) is 0 Å². The molecule has 1 amide bonds. The number of amides is 1. The fraction of sp³-hybridized carbons (Fsp3) is 0.500. The highest BCUT2D eigenvalue weighted by molar-refractivity contribution is 5.79. The highest BCUT2D eigenvalue weighted by Crippen LogP contribution is 2.29. The van der Waals surface area contributed by atoms with E-state index in [9.17, 15) is 4.79 Å². The maximum atomic E-state index is 12.1. The summed E-state index contributed by atoms with van der Waals surface area (Å²) in [5, 5.41) is 5.14. The molecule has 3 rings (SSSR count). The molecule has 1 aromatic carbocycles. The predicted molar refractivity (Wildman–Crippen MR) is 69.6 cm³/mol. The molecule has 96 valence electrons. The molecule has 4 heteroatoms. The van der Waals surface area contributed by atoms with Gasteiger partial charge in [-0.25, -0.2) is 5.43 Å². The van der Waals surface area contributed by atoms with Crippen LogP contribution in [0.5, 0.6) is 0 Å². The van der Waals surface area contributed by atoms with Crippen LogP contribution in [-0.2, 0) is 11.3 Å². The molecule has 0 unspecified atom stereocenters. The van der Waals surface area contributed by atoms with Gasteiger partial charge in [0.05, 0.1) is 6.54 Å². The Balaban J connectivity index is 1.69. The monoisotopic (exact) mass is 245 g/mol. The van der Waals surface area contributed by atoms with E-state index in [4.69, 9.17) is 0 Å². The first-order chi connectivity index (χ1) is 8.77. The first-order valence-electron chi connectivity index (χ1n) is 6.60. The molecule has 2 fully saturated rings. The summed E-state index contributed by atoms with van der Waals surface area (Å²) in [6.07, 6.45) is 2.70. The van der Waals surface area contributed by atoms with Gasteiger partial charge < -0.3 is 5.32 Å². The summed E-state index contributed by atoms with van der Waals surface area (Å²) >= 11 is 0. The van der Waals surface area contributed by atoms with Crippen molar-refractivity contribution in [2.75, 3.05) is 13.1 Å². The third-order valence-corrected chi connectivity index (χ3v) is 3.91. The normalized spacial score (nSPS) is 22.7. The second-order valence-corrected chi connectivity index (χ2v) is 5.28. The van der Waals surface area contributed by atoms with Crippen LogP contribution in [0, 0.1) is 0 Å². The van der Waals surface area contributed by atoms with Crippen molar-refractivity contribution in [3.63, 3.8) is 0 Å². The molecule has 2 aliphatic rings. The summed E-state index contributed by atoms with van der Waals surface area (Å²) in [6, 6.07) is 10.1. The Morgan fingerprint density at radius 2 is 1.89 bits per heavy atom. The van der Waals surface area contributed by atoms with Crippen molar-refractivity contribution in [3.05, 3.63) is 35.9 Å². The zero-order valence-corrected chi connectivity index (χ0v) is 10.5. The van der Waals surface area contributed by atoms with Gasteiger partial charge >= 0.3 is 0 Å². The van der Waals surface area contributed by atoms with E-state index in [-0.39, 0.29) is 11.4 Å². The number of hydrogen-bond donors (Lipinski definition) is 2. The summed E-state index contributed by atoms with van der Waals surface area (Å²) in [7, 11) is 0. The Morgan fingerprint density at radius 3 is 2.61 bits per heavy atom. The summed E-state index contributed by atoms with van der Waals surface area (Å²) < 4.78 is 0. The van der Waals surface area contributed by atoms with Gasteiger partial charge in [-0.15, -0.1) is 0 Å². The zero-order chi connectivity index (χ0) is 12.4. The lowest BCUT2D eigenvalue weighted by molar-refractivity contribution is -0.130. The third-order valence-electron chi connectivity index (χ3n) is 3.91. The lowest BCUT2D eigenvalue weighted by Gasteiger charge is -2.34. The molecule has 0 aliphatic carbocycles. The molecular formula is C14H19N3O. The Labute approximate surface area is 107 Å². The Hall–Kier alpha value is -1.39.